The van der Waals surface area contributed by atoms with Crippen molar-refractivity contribution < 1.29 is 0 Å². The summed E-state index contributed by atoms with van der Waals surface area (Å²) in [6.45, 7) is 0. The Morgan fingerprint density at radius 1 is 1.20 bits per heavy atom. The van der Waals surface area contributed by atoms with Crippen LogP contribution in [0.5, 0.6) is 0 Å². The van der Waals surface area contributed by atoms with Crippen LogP contribution in [0.2, 0.25) is 0 Å². The van der Waals surface area contributed by atoms with Crippen molar-refractivity contribution in [3.63, 3.8) is 0 Å². The highest BCUT2D eigenvalue weighted by molar-refractivity contribution is 5.93. The maximum absolute atomic E-state index is 4.72. The van der Waals surface area contributed by atoms with E-state index in [4.69, 9.17) is 4.98 Å². The molecule has 3 aromatic heterocycles. The molecular weight excluding hydrogens is 310 g/mol. The van der Waals surface area contributed by atoms with Gasteiger partial charge >= 0.3 is 0 Å². The number of hydrogen-bond donors (Lipinski definition) is 2. The van der Waals surface area contributed by atoms with Gasteiger partial charge in [0.2, 0.25) is 0 Å². The van der Waals surface area contributed by atoms with Gasteiger partial charge in [-0.25, -0.2) is 4.98 Å². The summed E-state index contributed by atoms with van der Waals surface area (Å²) in [5, 5.41) is 9.07. The average molecular weight is 335 g/mol. The molecule has 3 heterocycles. The molecule has 2 saturated carbocycles. The van der Waals surface area contributed by atoms with Crippen LogP contribution >= 0.6 is 0 Å². The standard InChI is InChI=1S/C20H25N5/c1-21-19-5-12-3-13(6-14(19)4-12)15-7-17-18(10-23-20(17)22-8-15)16-9-24-25(2)11-16/h7-14,19,21H,3-6H2,1-2H3,(H,22,23)/t12?,13?,14?,19-/m1/s1. The fourth-order valence-corrected chi connectivity index (χ4v) is 5.22. The second kappa shape index (κ2) is 5.70. The minimum absolute atomic E-state index is 0.649. The second-order valence-electron chi connectivity index (χ2n) is 7.93. The van der Waals surface area contributed by atoms with Crippen LogP contribution in [0.4, 0.5) is 0 Å². The third-order valence-corrected chi connectivity index (χ3v) is 6.41. The van der Waals surface area contributed by atoms with Crippen LogP contribution < -0.4 is 5.32 Å². The Labute approximate surface area is 147 Å². The maximum atomic E-state index is 4.72. The number of H-pyrrole nitrogens is 1. The van der Waals surface area contributed by atoms with Gasteiger partial charge in [-0.3, -0.25) is 4.68 Å². The van der Waals surface area contributed by atoms with E-state index in [1.54, 1.807) is 0 Å². The van der Waals surface area contributed by atoms with E-state index in [0.29, 0.717) is 12.0 Å². The van der Waals surface area contributed by atoms with Crippen molar-refractivity contribution in [1.29, 1.82) is 0 Å². The van der Waals surface area contributed by atoms with E-state index in [1.165, 1.54) is 42.2 Å². The number of aryl methyl sites for hydroxylation is 1. The lowest BCUT2D eigenvalue weighted by Gasteiger charge is -2.29. The largest absolute Gasteiger partial charge is 0.346 e. The Morgan fingerprint density at radius 2 is 2.12 bits per heavy atom. The van der Waals surface area contributed by atoms with Crippen molar-refractivity contribution in [2.24, 2.45) is 18.9 Å². The highest BCUT2D eigenvalue weighted by atomic mass is 15.2. The zero-order valence-electron chi connectivity index (χ0n) is 14.9. The number of aromatic nitrogens is 4. The van der Waals surface area contributed by atoms with Gasteiger partial charge in [-0.1, -0.05) is 0 Å². The molecule has 0 amide bonds. The molecule has 0 saturated heterocycles. The molecule has 4 atom stereocenters. The SMILES string of the molecule is CN[C@@H]1CC2CC(c3cnc4[nH]cc(-c5cnn(C)c5)c4c3)CC1C2. The molecule has 2 fully saturated rings. The first-order chi connectivity index (χ1) is 12.2. The fraction of sp³-hybridized carbons (Fsp3) is 0.500. The van der Waals surface area contributed by atoms with Crippen molar-refractivity contribution in [1.82, 2.24) is 25.1 Å². The summed E-state index contributed by atoms with van der Waals surface area (Å²) in [6.07, 6.45) is 13.5. The summed E-state index contributed by atoms with van der Waals surface area (Å²) in [5.41, 5.74) is 4.72. The molecular formula is C20H25N5. The van der Waals surface area contributed by atoms with Crippen molar-refractivity contribution in [3.05, 3.63) is 36.4 Å². The van der Waals surface area contributed by atoms with E-state index in [9.17, 15) is 0 Å². The van der Waals surface area contributed by atoms with E-state index in [1.807, 2.05) is 17.9 Å². The summed E-state index contributed by atoms with van der Waals surface area (Å²) < 4.78 is 1.85. The molecule has 2 bridgehead atoms. The Morgan fingerprint density at radius 3 is 2.92 bits per heavy atom. The molecule has 5 rings (SSSR count). The molecule has 25 heavy (non-hydrogen) atoms. The molecule has 3 unspecified atom stereocenters. The number of fused-ring (bicyclic) bond motifs is 3. The maximum Gasteiger partial charge on any atom is 0.137 e. The van der Waals surface area contributed by atoms with Gasteiger partial charge in [-0.2, -0.15) is 5.10 Å². The first kappa shape index (κ1) is 15.1. The van der Waals surface area contributed by atoms with Crippen LogP contribution in [-0.2, 0) is 7.05 Å². The molecule has 2 aliphatic carbocycles. The van der Waals surface area contributed by atoms with E-state index < -0.39 is 0 Å². The van der Waals surface area contributed by atoms with E-state index in [2.05, 4.69) is 47.1 Å². The number of hydrogen-bond acceptors (Lipinski definition) is 3. The molecule has 5 heteroatoms. The smallest absolute Gasteiger partial charge is 0.137 e. The van der Waals surface area contributed by atoms with Gasteiger partial charge in [0.15, 0.2) is 0 Å². The molecule has 5 nitrogen and oxygen atoms in total. The monoisotopic (exact) mass is 335 g/mol. The van der Waals surface area contributed by atoms with Crippen LogP contribution in [0.3, 0.4) is 0 Å². The molecule has 2 aliphatic rings. The third-order valence-electron chi connectivity index (χ3n) is 6.41. The van der Waals surface area contributed by atoms with Crippen LogP contribution in [0.15, 0.2) is 30.9 Å². The third kappa shape index (κ3) is 2.49. The highest BCUT2D eigenvalue weighted by Crippen LogP contribution is 2.48. The molecule has 0 radical (unpaired) electrons. The Balaban J connectivity index is 1.50. The van der Waals surface area contributed by atoms with Crippen molar-refractivity contribution in [2.75, 3.05) is 7.05 Å². The Bertz CT molecular complexity index is 908. The van der Waals surface area contributed by atoms with Crippen LogP contribution in [0, 0.1) is 11.8 Å². The summed E-state index contributed by atoms with van der Waals surface area (Å²) in [5.74, 6) is 2.35. The van der Waals surface area contributed by atoms with Gasteiger partial charge < -0.3 is 10.3 Å². The van der Waals surface area contributed by atoms with E-state index >= 15 is 0 Å². The second-order valence-corrected chi connectivity index (χ2v) is 7.93. The first-order valence-electron chi connectivity index (χ1n) is 9.34. The number of pyridine rings is 1. The lowest BCUT2D eigenvalue weighted by Crippen LogP contribution is -2.29. The van der Waals surface area contributed by atoms with Gasteiger partial charge in [-0.05, 0) is 62.1 Å². The predicted molar refractivity (Wildman–Crippen MR) is 99.3 cm³/mol. The van der Waals surface area contributed by atoms with E-state index in [0.717, 1.165) is 23.0 Å². The minimum Gasteiger partial charge on any atom is -0.346 e. The van der Waals surface area contributed by atoms with Gasteiger partial charge in [0.05, 0.1) is 6.20 Å². The van der Waals surface area contributed by atoms with Gasteiger partial charge in [0.1, 0.15) is 5.65 Å². The Hall–Kier alpha value is -2.14. The van der Waals surface area contributed by atoms with E-state index in [-0.39, 0.29) is 0 Å². The summed E-state index contributed by atoms with van der Waals surface area (Å²) in [7, 11) is 4.08. The summed E-state index contributed by atoms with van der Waals surface area (Å²) >= 11 is 0. The fourth-order valence-electron chi connectivity index (χ4n) is 5.22. The van der Waals surface area contributed by atoms with Crippen molar-refractivity contribution in [2.45, 2.75) is 37.6 Å². The Kier molecular flexibility index (Phi) is 3.45. The molecule has 3 aromatic rings. The molecule has 130 valence electrons. The topological polar surface area (TPSA) is 58.5 Å². The van der Waals surface area contributed by atoms with Crippen molar-refractivity contribution in [3.8, 4) is 11.1 Å². The first-order valence-corrected chi connectivity index (χ1v) is 9.34. The minimum atomic E-state index is 0.649. The summed E-state index contributed by atoms with van der Waals surface area (Å²) in [4.78, 5) is 8.03. The van der Waals surface area contributed by atoms with Crippen LogP contribution in [-0.4, -0.2) is 32.8 Å². The molecule has 0 aliphatic heterocycles. The zero-order chi connectivity index (χ0) is 17.0. The summed E-state index contributed by atoms with van der Waals surface area (Å²) in [6, 6.07) is 3.08. The van der Waals surface area contributed by atoms with Gasteiger partial charge in [0, 0.05) is 48.2 Å². The van der Waals surface area contributed by atoms with Gasteiger partial charge in [-0.15, -0.1) is 0 Å². The molecule has 2 N–H and O–H groups in total. The normalized spacial score (nSPS) is 28.7. The van der Waals surface area contributed by atoms with Crippen LogP contribution in [0.1, 0.15) is 37.2 Å². The zero-order valence-corrected chi connectivity index (χ0v) is 14.9. The lowest BCUT2D eigenvalue weighted by molar-refractivity contribution is 0.305. The van der Waals surface area contributed by atoms with Crippen LogP contribution in [0.25, 0.3) is 22.2 Å². The number of nitrogens with one attached hydrogen (secondary N) is 2. The predicted octanol–water partition coefficient (Wildman–Crippen LogP) is 3.46. The lowest BCUT2D eigenvalue weighted by atomic mass is 9.77. The molecule has 0 spiro atoms. The number of aromatic amines is 1. The molecule has 0 aromatic carbocycles. The average Bonchev–Trinajstić information content (AvgIpc) is 3.31. The number of rotatable bonds is 3. The quantitative estimate of drug-likeness (QED) is 0.771. The van der Waals surface area contributed by atoms with Crippen molar-refractivity contribution >= 4 is 11.0 Å². The van der Waals surface area contributed by atoms with Gasteiger partial charge in [0.25, 0.3) is 0 Å². The number of nitrogens with zero attached hydrogens (tertiary/aromatic N) is 3. The highest BCUT2D eigenvalue weighted by Gasteiger charge is 2.40.